The van der Waals surface area contributed by atoms with Gasteiger partial charge in [-0.25, -0.2) is 15.0 Å². The number of nitrogens with zero attached hydrogens (tertiary/aromatic N) is 4. The molecule has 0 aliphatic carbocycles. The maximum Gasteiger partial charge on any atom is 0.165 e. The molecule has 8 aromatic carbocycles. The van der Waals surface area contributed by atoms with Gasteiger partial charge in [-0.05, 0) is 65.7 Å². The molecule has 0 aliphatic rings. The van der Waals surface area contributed by atoms with E-state index in [0.717, 1.165) is 65.7 Å². The van der Waals surface area contributed by atoms with E-state index in [4.69, 9.17) is 19.4 Å². The predicted octanol–water partition coefficient (Wildman–Crippen LogP) is 13.9. The van der Waals surface area contributed by atoms with Gasteiger partial charge in [0.1, 0.15) is 11.2 Å². The minimum atomic E-state index is 0.652. The smallest absolute Gasteiger partial charge is 0.165 e. The van der Waals surface area contributed by atoms with Crippen LogP contribution < -0.4 is 0 Å². The molecule has 0 aliphatic heterocycles. The van der Waals surface area contributed by atoms with Crippen molar-refractivity contribution in [3.05, 3.63) is 182 Å². The SMILES string of the molecule is c1ccc(-c2nc(-c3ccccc3)nc(-c3cccc4c3sc3c4ccc4c3c3cc(-c5ccc6c(c5)oc5ccccc56)ccc3n4-c3ccccc3)n2)cc1. The van der Waals surface area contributed by atoms with E-state index in [1.54, 1.807) is 0 Å². The first-order chi connectivity index (χ1) is 28.2. The average Bonchev–Trinajstić information content (AvgIpc) is 3.96. The molecule has 266 valence electrons. The molecule has 0 bridgehead atoms. The summed E-state index contributed by atoms with van der Waals surface area (Å²) in [5.41, 5.74) is 10.4. The molecule has 4 aromatic heterocycles. The van der Waals surface area contributed by atoms with Crippen molar-refractivity contribution in [2.45, 2.75) is 0 Å². The normalized spacial score (nSPS) is 11.9. The Morgan fingerprint density at radius 2 is 0.965 bits per heavy atom. The molecule has 57 heavy (non-hydrogen) atoms. The fraction of sp³-hybridized carbons (Fsp3) is 0. The highest BCUT2D eigenvalue weighted by molar-refractivity contribution is 7.27. The maximum atomic E-state index is 6.32. The Balaban J connectivity index is 1.11. The second-order valence-corrected chi connectivity index (χ2v) is 15.4. The number of para-hydroxylation sites is 2. The van der Waals surface area contributed by atoms with Crippen molar-refractivity contribution in [1.82, 2.24) is 19.5 Å². The maximum absolute atomic E-state index is 6.32. The van der Waals surface area contributed by atoms with E-state index in [9.17, 15) is 0 Å². The number of benzene rings is 8. The number of aromatic nitrogens is 4. The van der Waals surface area contributed by atoms with Crippen LogP contribution in [0.3, 0.4) is 0 Å². The van der Waals surface area contributed by atoms with Crippen LogP contribution in [-0.2, 0) is 0 Å². The Morgan fingerprint density at radius 1 is 0.386 bits per heavy atom. The predicted molar refractivity (Wildman–Crippen MR) is 236 cm³/mol. The minimum Gasteiger partial charge on any atom is -0.456 e. The van der Waals surface area contributed by atoms with Crippen LogP contribution >= 0.6 is 11.3 Å². The van der Waals surface area contributed by atoms with Crippen molar-refractivity contribution in [3.63, 3.8) is 0 Å². The Hall–Kier alpha value is -7.41. The highest BCUT2D eigenvalue weighted by atomic mass is 32.1. The van der Waals surface area contributed by atoms with Gasteiger partial charge in [0.15, 0.2) is 17.5 Å². The summed E-state index contributed by atoms with van der Waals surface area (Å²) in [4.78, 5) is 15.2. The fourth-order valence-electron chi connectivity index (χ4n) is 8.40. The Bertz CT molecular complexity index is 3460. The first-order valence-electron chi connectivity index (χ1n) is 19.0. The molecular formula is C51H30N4OS. The fourth-order valence-corrected chi connectivity index (χ4v) is 9.77. The van der Waals surface area contributed by atoms with Crippen molar-refractivity contribution in [2.75, 3.05) is 0 Å². The molecule has 4 heterocycles. The lowest BCUT2D eigenvalue weighted by Crippen LogP contribution is -2.00. The number of furan rings is 1. The van der Waals surface area contributed by atoms with Crippen LogP contribution in [0.1, 0.15) is 0 Å². The summed E-state index contributed by atoms with van der Waals surface area (Å²) in [6.45, 7) is 0. The lowest BCUT2D eigenvalue weighted by atomic mass is 10.0. The van der Waals surface area contributed by atoms with Crippen LogP contribution in [0.25, 0.3) is 115 Å². The average molecular weight is 747 g/mol. The largest absolute Gasteiger partial charge is 0.456 e. The summed E-state index contributed by atoms with van der Waals surface area (Å²) in [5, 5.41) is 7.10. The zero-order valence-corrected chi connectivity index (χ0v) is 31.2. The van der Waals surface area contributed by atoms with Gasteiger partial charge in [-0.1, -0.05) is 127 Å². The Kier molecular flexibility index (Phi) is 7.03. The molecule has 6 heteroatoms. The van der Waals surface area contributed by atoms with Gasteiger partial charge in [-0.2, -0.15) is 0 Å². The van der Waals surface area contributed by atoms with E-state index in [2.05, 4.69) is 138 Å². The van der Waals surface area contributed by atoms with Crippen LogP contribution in [0.4, 0.5) is 0 Å². The molecule has 0 amide bonds. The Labute approximate surface area is 330 Å². The van der Waals surface area contributed by atoms with E-state index in [1.807, 2.05) is 59.9 Å². The molecule has 0 saturated carbocycles. The Morgan fingerprint density at radius 3 is 1.74 bits per heavy atom. The zero-order valence-electron chi connectivity index (χ0n) is 30.4. The molecule has 12 rings (SSSR count). The van der Waals surface area contributed by atoms with E-state index in [-0.39, 0.29) is 0 Å². The lowest BCUT2D eigenvalue weighted by Gasteiger charge is -2.09. The third-order valence-corrected chi connectivity index (χ3v) is 12.3. The summed E-state index contributed by atoms with van der Waals surface area (Å²) in [6, 6.07) is 63.7. The first kappa shape index (κ1) is 31.9. The van der Waals surface area contributed by atoms with Gasteiger partial charge in [0.25, 0.3) is 0 Å². The number of rotatable bonds is 5. The van der Waals surface area contributed by atoms with Gasteiger partial charge in [-0.3, -0.25) is 0 Å². The van der Waals surface area contributed by atoms with Crippen LogP contribution in [0, 0.1) is 0 Å². The van der Waals surface area contributed by atoms with Crippen LogP contribution in [0.15, 0.2) is 186 Å². The quantitative estimate of drug-likeness (QED) is 0.176. The zero-order chi connectivity index (χ0) is 37.5. The molecule has 0 N–H and O–H groups in total. The molecular weight excluding hydrogens is 717 g/mol. The summed E-state index contributed by atoms with van der Waals surface area (Å²) >= 11 is 1.82. The molecule has 0 saturated heterocycles. The highest BCUT2D eigenvalue weighted by Crippen LogP contribution is 2.46. The molecule has 0 atom stereocenters. The van der Waals surface area contributed by atoms with Gasteiger partial charge in [0, 0.05) is 64.1 Å². The monoisotopic (exact) mass is 746 g/mol. The van der Waals surface area contributed by atoms with Crippen LogP contribution in [-0.4, -0.2) is 19.5 Å². The van der Waals surface area contributed by atoms with E-state index in [0.29, 0.717) is 17.5 Å². The van der Waals surface area contributed by atoms with Crippen LogP contribution in [0.5, 0.6) is 0 Å². The van der Waals surface area contributed by atoms with E-state index >= 15 is 0 Å². The molecule has 0 radical (unpaired) electrons. The number of hydrogen-bond donors (Lipinski definition) is 0. The first-order valence-corrected chi connectivity index (χ1v) is 19.8. The lowest BCUT2D eigenvalue weighted by molar-refractivity contribution is 0.669. The van der Waals surface area contributed by atoms with Crippen LogP contribution in [0.2, 0.25) is 0 Å². The van der Waals surface area contributed by atoms with Gasteiger partial charge in [-0.15, -0.1) is 11.3 Å². The van der Waals surface area contributed by atoms with Crippen molar-refractivity contribution >= 4 is 75.3 Å². The third kappa shape index (κ3) is 5.04. The van der Waals surface area contributed by atoms with E-state index in [1.165, 1.54) is 31.8 Å². The molecule has 0 fully saturated rings. The second-order valence-electron chi connectivity index (χ2n) is 14.4. The molecule has 5 nitrogen and oxygen atoms in total. The summed E-state index contributed by atoms with van der Waals surface area (Å²) in [7, 11) is 0. The van der Waals surface area contributed by atoms with Gasteiger partial charge >= 0.3 is 0 Å². The van der Waals surface area contributed by atoms with Gasteiger partial charge in [0.2, 0.25) is 0 Å². The third-order valence-electron chi connectivity index (χ3n) is 11.1. The second kappa shape index (κ2) is 12.6. The van der Waals surface area contributed by atoms with Crippen molar-refractivity contribution in [2.24, 2.45) is 0 Å². The highest BCUT2D eigenvalue weighted by Gasteiger charge is 2.21. The molecule has 0 unspecified atom stereocenters. The van der Waals surface area contributed by atoms with E-state index < -0.39 is 0 Å². The van der Waals surface area contributed by atoms with Gasteiger partial charge < -0.3 is 8.98 Å². The molecule has 12 aromatic rings. The van der Waals surface area contributed by atoms with Crippen molar-refractivity contribution in [1.29, 1.82) is 0 Å². The summed E-state index contributed by atoms with van der Waals surface area (Å²) < 4.78 is 11.1. The summed E-state index contributed by atoms with van der Waals surface area (Å²) in [5.74, 6) is 1.96. The molecule has 0 spiro atoms. The van der Waals surface area contributed by atoms with Crippen molar-refractivity contribution < 1.29 is 4.42 Å². The summed E-state index contributed by atoms with van der Waals surface area (Å²) in [6.07, 6.45) is 0. The standard InChI is InChI=1S/C51H30N4OS/c1-4-13-31(14-5-1)49-52-50(32-15-6-2-7-16-32)54-51(53-49)40-21-12-20-38-39-26-28-43-46(48(39)57-47(38)40)41-29-33(24-27-42(41)55(43)35-17-8-3-9-18-35)34-23-25-37-36-19-10-11-22-44(36)56-45(37)30-34/h1-30H. The number of fused-ring (bicyclic) bond motifs is 10. The van der Waals surface area contributed by atoms with Crippen molar-refractivity contribution in [3.8, 4) is 51.0 Å². The number of hydrogen-bond acceptors (Lipinski definition) is 5. The minimum absolute atomic E-state index is 0.652. The van der Waals surface area contributed by atoms with Gasteiger partial charge in [0.05, 0.1) is 11.0 Å². The number of thiophene rings is 1. The topological polar surface area (TPSA) is 56.7 Å².